The molecule has 0 N–H and O–H groups in total. The van der Waals surface area contributed by atoms with Gasteiger partial charge < -0.3 is 14.2 Å². The third-order valence-electron chi connectivity index (χ3n) is 22.9. The second-order valence-corrected chi connectivity index (χ2v) is 29.8. The molecule has 11 aromatic rings. The Labute approximate surface area is 537 Å². The van der Waals surface area contributed by atoms with Crippen molar-refractivity contribution in [2.75, 3.05) is 4.90 Å². The first-order valence-electron chi connectivity index (χ1n) is 34.3. The average molecular weight is 1180 g/mol. The van der Waals surface area contributed by atoms with Gasteiger partial charge >= 0.3 is 0 Å². The number of allylic oxidation sites excluding steroid dienone is 4. The molecule has 1 aliphatic heterocycles. The summed E-state index contributed by atoms with van der Waals surface area (Å²) < 4.78 is 9.87. The van der Waals surface area contributed by atoms with Crippen molar-refractivity contribution >= 4 is 44.4 Å². The summed E-state index contributed by atoms with van der Waals surface area (Å²) >= 11 is 0. The third kappa shape index (κ3) is 7.98. The van der Waals surface area contributed by atoms with E-state index in [0.717, 1.165) is 47.1 Å². The zero-order valence-corrected chi connectivity index (χ0v) is 53.7. The van der Waals surface area contributed by atoms with Crippen LogP contribution in [0.2, 0.25) is 0 Å². The van der Waals surface area contributed by atoms with Gasteiger partial charge in [0.25, 0.3) is 0 Å². The second kappa shape index (κ2) is 20.3. The Morgan fingerprint density at radius 2 is 0.901 bits per heavy atom. The van der Waals surface area contributed by atoms with Gasteiger partial charge in [0.1, 0.15) is 11.5 Å². The van der Waals surface area contributed by atoms with Crippen LogP contribution in [0.15, 0.2) is 224 Å². The second-order valence-electron chi connectivity index (χ2n) is 29.8. The first-order chi connectivity index (χ1) is 44.4. The van der Waals surface area contributed by atoms with Gasteiger partial charge in [-0.15, -0.1) is 0 Å². The first kappa shape index (κ1) is 55.0. The predicted molar refractivity (Wildman–Crippen MR) is 379 cm³/mol. The van der Waals surface area contributed by atoms with E-state index in [1.165, 1.54) is 186 Å². The molecule has 10 aromatic carbocycles. The fraction of sp³-hybridized carbons (Fsp3) is 0.273. The lowest BCUT2D eigenvalue weighted by Gasteiger charge is -2.41. The molecule has 6 aliphatic carbocycles. The lowest BCUT2D eigenvalue weighted by Crippen LogP contribution is -2.33. The summed E-state index contributed by atoms with van der Waals surface area (Å²) in [6, 6.07) is 81.6. The molecule has 3 heteroatoms. The van der Waals surface area contributed by atoms with E-state index in [-0.39, 0.29) is 10.8 Å². The highest BCUT2D eigenvalue weighted by Gasteiger charge is 2.55. The Bertz CT molecular complexity index is 4730. The van der Waals surface area contributed by atoms with Crippen molar-refractivity contribution in [3.8, 4) is 39.4 Å². The van der Waals surface area contributed by atoms with Gasteiger partial charge in [-0.25, -0.2) is 0 Å². The number of aromatic nitrogens is 1. The van der Waals surface area contributed by atoms with Crippen LogP contribution in [0, 0.1) is 0 Å². The number of fused-ring (bicyclic) bond motifs is 21. The van der Waals surface area contributed by atoms with Gasteiger partial charge in [0, 0.05) is 33.3 Å². The zero-order valence-electron chi connectivity index (χ0n) is 53.7. The van der Waals surface area contributed by atoms with Crippen LogP contribution >= 0.6 is 0 Å². The van der Waals surface area contributed by atoms with Crippen molar-refractivity contribution in [1.82, 2.24) is 4.57 Å². The van der Waals surface area contributed by atoms with E-state index in [4.69, 9.17) is 4.74 Å². The van der Waals surface area contributed by atoms with Crippen molar-refractivity contribution in [1.29, 1.82) is 0 Å². The van der Waals surface area contributed by atoms with E-state index >= 15 is 0 Å². The van der Waals surface area contributed by atoms with E-state index in [2.05, 4.69) is 269 Å². The number of rotatable bonds is 6. The van der Waals surface area contributed by atoms with E-state index in [1.54, 1.807) is 0 Å². The van der Waals surface area contributed by atoms with Gasteiger partial charge in [-0.1, -0.05) is 238 Å². The molecule has 448 valence electrons. The van der Waals surface area contributed by atoms with E-state index in [9.17, 15) is 0 Å². The van der Waals surface area contributed by atoms with E-state index in [0.29, 0.717) is 11.8 Å². The molecule has 2 saturated carbocycles. The van der Waals surface area contributed by atoms with Gasteiger partial charge in [-0.2, -0.15) is 0 Å². The standard InChI is InChI=1S/C88H80N2O/c1-85(2,3)59-39-43-65-66-44-40-60(86(4,5)6)52-74(66)87(73(65)51-59)71-31-17-13-27-63(71)67-45-41-61(53-75(67)87)89(81-35-21-22-36-82(81)90-79-33-19-15-29-69(79)70-30-16-20-34-80(70)90)62-42-46-68-64-28-14-18-32-72(64)88(76(68)54-62)77-49-57(55-23-9-7-10-24-55)37-47-83(77)91-84-48-38-58(50-78(84)88)56-25-11-8-12-26-56/h14-22,28-56H,7-13,23-27H2,1-6H3. The molecule has 0 bridgehead atoms. The number of benzene rings is 10. The van der Waals surface area contributed by atoms with Crippen molar-refractivity contribution in [3.63, 3.8) is 0 Å². The number of para-hydroxylation sites is 4. The molecule has 0 atom stereocenters. The van der Waals surface area contributed by atoms with Crippen LogP contribution < -0.4 is 9.64 Å². The lowest BCUT2D eigenvalue weighted by molar-refractivity contribution is 0.424. The summed E-state index contributed by atoms with van der Waals surface area (Å²) in [6.45, 7) is 14.3. The number of hydrogen-bond acceptors (Lipinski definition) is 2. The Balaban J connectivity index is 0.937. The molecular weight excluding hydrogens is 1100 g/mol. The van der Waals surface area contributed by atoms with Crippen LogP contribution in [-0.2, 0) is 21.7 Å². The molecule has 0 radical (unpaired) electrons. The van der Waals surface area contributed by atoms with Gasteiger partial charge in [-0.05, 0) is 211 Å². The average Bonchev–Trinajstić information content (AvgIpc) is 1.55. The molecule has 3 nitrogen and oxygen atoms in total. The summed E-state index contributed by atoms with van der Waals surface area (Å²) in [5, 5.41) is 2.50. The maximum Gasteiger partial charge on any atom is 0.132 e. The highest BCUT2D eigenvalue weighted by atomic mass is 16.5. The molecule has 91 heavy (non-hydrogen) atoms. The fourth-order valence-electron chi connectivity index (χ4n) is 18.5. The summed E-state index contributed by atoms with van der Waals surface area (Å²) in [6.07, 6.45) is 19.7. The molecule has 2 fully saturated rings. The Morgan fingerprint density at radius 3 is 1.48 bits per heavy atom. The van der Waals surface area contributed by atoms with Crippen LogP contribution in [0.3, 0.4) is 0 Å². The maximum absolute atomic E-state index is 7.33. The minimum atomic E-state index is -0.664. The normalized spacial score (nSPS) is 17.6. The van der Waals surface area contributed by atoms with E-state index in [1.807, 2.05) is 0 Å². The number of hydrogen-bond donors (Lipinski definition) is 0. The third-order valence-corrected chi connectivity index (χ3v) is 22.9. The predicted octanol–water partition coefficient (Wildman–Crippen LogP) is 23.8. The minimum Gasteiger partial charge on any atom is -0.457 e. The monoisotopic (exact) mass is 1180 g/mol. The number of nitrogens with zero attached hydrogens (tertiary/aromatic N) is 2. The molecule has 0 unspecified atom stereocenters. The number of ether oxygens (including phenoxy) is 1. The van der Waals surface area contributed by atoms with Gasteiger partial charge in [-0.3, -0.25) is 0 Å². The van der Waals surface area contributed by atoms with Crippen molar-refractivity contribution in [2.24, 2.45) is 0 Å². The SMILES string of the molecule is CC(C)(C)c1ccc2c(c1)C1(C3=C(CCC=C3)c3ccc(N(c4ccc5c(c4)C4(c6cc(C7CCCCC7)ccc6Oc6ccc(C7CCCCC7)cc64)c4ccccc4-5)c4ccccc4-n4c5ccccc5c5ccccc54)cc31)c1cc(C(C)(C)C)ccc1-2. The molecule has 1 aromatic heterocycles. The van der Waals surface area contributed by atoms with Crippen molar-refractivity contribution in [3.05, 3.63) is 291 Å². The first-order valence-corrected chi connectivity index (χ1v) is 34.3. The molecular formula is C88H80N2O. The zero-order chi connectivity index (χ0) is 61.1. The molecule has 2 heterocycles. The Kier molecular flexibility index (Phi) is 12.3. The molecule has 7 aliphatic rings. The lowest BCUT2D eigenvalue weighted by atomic mass is 9.64. The summed E-state index contributed by atoms with van der Waals surface area (Å²) in [5.74, 6) is 2.99. The summed E-state index contributed by atoms with van der Waals surface area (Å²) in [4.78, 5) is 2.66. The highest BCUT2D eigenvalue weighted by Crippen LogP contribution is 2.67. The van der Waals surface area contributed by atoms with Crippen LogP contribution in [0.25, 0.3) is 55.3 Å². The van der Waals surface area contributed by atoms with Crippen molar-refractivity contribution < 1.29 is 4.74 Å². The van der Waals surface area contributed by atoms with Crippen molar-refractivity contribution in [2.45, 2.75) is 152 Å². The van der Waals surface area contributed by atoms with Crippen LogP contribution in [0.4, 0.5) is 17.1 Å². The maximum atomic E-state index is 7.33. The largest absolute Gasteiger partial charge is 0.457 e. The Hall–Kier alpha value is -8.92. The Morgan fingerprint density at radius 1 is 0.418 bits per heavy atom. The van der Waals surface area contributed by atoms with Crippen LogP contribution in [-0.4, -0.2) is 4.57 Å². The molecule has 0 amide bonds. The van der Waals surface area contributed by atoms with Gasteiger partial charge in [0.05, 0.1) is 33.2 Å². The minimum absolute atomic E-state index is 0.0528. The molecule has 0 saturated heterocycles. The topological polar surface area (TPSA) is 17.4 Å². The van der Waals surface area contributed by atoms with Gasteiger partial charge in [0.2, 0.25) is 0 Å². The summed E-state index contributed by atoms with van der Waals surface area (Å²) in [7, 11) is 0. The molecule has 2 spiro atoms. The number of anilines is 3. The van der Waals surface area contributed by atoms with Crippen LogP contribution in [0.5, 0.6) is 11.5 Å². The fourth-order valence-corrected chi connectivity index (χ4v) is 18.5. The summed E-state index contributed by atoms with van der Waals surface area (Å²) in [5.41, 5.74) is 30.2. The smallest absolute Gasteiger partial charge is 0.132 e. The quantitative estimate of drug-likeness (QED) is 0.165. The van der Waals surface area contributed by atoms with Crippen LogP contribution in [0.1, 0.15) is 197 Å². The highest BCUT2D eigenvalue weighted by molar-refractivity contribution is 6.10. The molecule has 18 rings (SSSR count). The van der Waals surface area contributed by atoms with Gasteiger partial charge in [0.15, 0.2) is 0 Å². The van der Waals surface area contributed by atoms with E-state index < -0.39 is 10.8 Å².